The lowest BCUT2D eigenvalue weighted by Crippen LogP contribution is -2.49. The standard InChI is InChI=1S/C23H31N4OP/c1-29(2,28)20-5-3-19(4-6-20)27-22-10-21(25-15-26-22)24-14-23-11-16-7-17(12-23)9-18(8-16)13-23/h3-6,10,15-18H,7-9,11-14H2,1-2H3,(H2,24,25,26,27). The Morgan fingerprint density at radius 2 is 1.55 bits per heavy atom. The second-order valence-corrected chi connectivity index (χ2v) is 13.3. The van der Waals surface area contributed by atoms with E-state index in [0.717, 1.165) is 46.9 Å². The van der Waals surface area contributed by atoms with Crippen molar-refractivity contribution in [1.82, 2.24) is 9.97 Å². The maximum absolute atomic E-state index is 12.2. The molecule has 0 amide bonds. The van der Waals surface area contributed by atoms with E-state index in [1.54, 1.807) is 19.7 Å². The Morgan fingerprint density at radius 1 is 0.966 bits per heavy atom. The smallest absolute Gasteiger partial charge is 0.135 e. The van der Waals surface area contributed by atoms with Crippen LogP contribution < -0.4 is 15.9 Å². The van der Waals surface area contributed by atoms with E-state index in [2.05, 4.69) is 20.6 Å². The summed E-state index contributed by atoms with van der Waals surface area (Å²) in [7, 11) is -2.23. The topological polar surface area (TPSA) is 66.9 Å². The Balaban J connectivity index is 1.24. The van der Waals surface area contributed by atoms with Gasteiger partial charge in [0.15, 0.2) is 0 Å². The molecule has 0 atom stereocenters. The highest BCUT2D eigenvalue weighted by Gasteiger charge is 2.50. The molecule has 0 radical (unpaired) electrons. The largest absolute Gasteiger partial charge is 0.369 e. The van der Waals surface area contributed by atoms with Gasteiger partial charge in [-0.1, -0.05) is 0 Å². The first-order chi connectivity index (χ1) is 13.9. The van der Waals surface area contributed by atoms with Crippen LogP contribution in [0.4, 0.5) is 17.3 Å². The number of hydrogen-bond donors (Lipinski definition) is 2. The summed E-state index contributed by atoms with van der Waals surface area (Å²) in [5.41, 5.74) is 1.42. The second-order valence-electron chi connectivity index (χ2n) is 10.1. The van der Waals surface area contributed by atoms with Crippen LogP contribution in [-0.4, -0.2) is 29.8 Å². The van der Waals surface area contributed by atoms with Gasteiger partial charge in [0.2, 0.25) is 0 Å². The molecule has 4 aliphatic carbocycles. The highest BCUT2D eigenvalue weighted by atomic mass is 31.2. The molecule has 5 nitrogen and oxygen atoms in total. The molecule has 154 valence electrons. The summed E-state index contributed by atoms with van der Waals surface area (Å²) in [5.74, 6) is 4.57. The summed E-state index contributed by atoms with van der Waals surface area (Å²) >= 11 is 0. The quantitative estimate of drug-likeness (QED) is 0.649. The van der Waals surface area contributed by atoms with E-state index in [-0.39, 0.29) is 0 Å². The van der Waals surface area contributed by atoms with Gasteiger partial charge in [0.25, 0.3) is 0 Å². The average Bonchev–Trinajstić information content (AvgIpc) is 2.66. The zero-order valence-electron chi connectivity index (χ0n) is 17.4. The predicted octanol–water partition coefficient (Wildman–Crippen LogP) is 5.10. The van der Waals surface area contributed by atoms with Crippen molar-refractivity contribution in [3.8, 4) is 0 Å². The van der Waals surface area contributed by atoms with Gasteiger partial charge in [-0.25, -0.2) is 9.97 Å². The van der Waals surface area contributed by atoms with Crippen molar-refractivity contribution in [2.24, 2.45) is 23.2 Å². The molecule has 2 aromatic rings. The Morgan fingerprint density at radius 3 is 2.14 bits per heavy atom. The molecule has 0 unspecified atom stereocenters. The van der Waals surface area contributed by atoms with E-state index in [9.17, 15) is 4.57 Å². The normalized spacial score (nSPS) is 30.3. The molecule has 0 aliphatic heterocycles. The molecular formula is C23H31N4OP. The summed E-state index contributed by atoms with van der Waals surface area (Å²) in [5, 5.41) is 7.86. The Kier molecular flexibility index (Phi) is 4.70. The SMILES string of the molecule is CP(C)(=O)c1ccc(Nc2cc(NCC34CC5CC(CC(C5)C3)C4)ncn2)cc1. The van der Waals surface area contributed by atoms with Crippen LogP contribution in [0.1, 0.15) is 38.5 Å². The van der Waals surface area contributed by atoms with Crippen LogP contribution in [0.15, 0.2) is 36.7 Å². The van der Waals surface area contributed by atoms with E-state index in [0.29, 0.717) is 5.41 Å². The van der Waals surface area contributed by atoms with Gasteiger partial charge in [0.05, 0.1) is 0 Å². The van der Waals surface area contributed by atoms with Crippen molar-refractivity contribution in [2.45, 2.75) is 38.5 Å². The van der Waals surface area contributed by atoms with Gasteiger partial charge in [0, 0.05) is 23.6 Å². The molecule has 6 heteroatoms. The minimum Gasteiger partial charge on any atom is -0.369 e. The number of nitrogens with zero attached hydrogens (tertiary/aromatic N) is 2. The van der Waals surface area contributed by atoms with Crippen molar-refractivity contribution >= 4 is 29.8 Å². The lowest BCUT2D eigenvalue weighted by Gasteiger charge is -2.57. The molecule has 6 rings (SSSR count). The molecule has 4 saturated carbocycles. The second kappa shape index (κ2) is 7.12. The average molecular weight is 411 g/mol. The van der Waals surface area contributed by atoms with Crippen LogP contribution in [0.5, 0.6) is 0 Å². The summed E-state index contributed by atoms with van der Waals surface area (Å²) in [6, 6.07) is 9.76. The van der Waals surface area contributed by atoms with Crippen LogP contribution >= 0.6 is 7.14 Å². The minimum atomic E-state index is -2.23. The fourth-order valence-corrected chi connectivity index (χ4v) is 7.23. The van der Waals surface area contributed by atoms with E-state index < -0.39 is 7.14 Å². The van der Waals surface area contributed by atoms with Gasteiger partial charge in [-0.2, -0.15) is 0 Å². The highest BCUT2D eigenvalue weighted by Crippen LogP contribution is 2.59. The van der Waals surface area contributed by atoms with E-state index in [1.165, 1.54) is 38.5 Å². The fraction of sp³-hybridized carbons (Fsp3) is 0.565. The molecule has 2 N–H and O–H groups in total. The van der Waals surface area contributed by atoms with Gasteiger partial charge in [-0.05, 0) is 99.3 Å². The zero-order chi connectivity index (χ0) is 20.1. The van der Waals surface area contributed by atoms with Gasteiger partial charge in [-0.3, -0.25) is 0 Å². The monoisotopic (exact) mass is 410 g/mol. The summed E-state index contributed by atoms with van der Waals surface area (Å²) in [4.78, 5) is 8.81. The molecule has 1 heterocycles. The predicted molar refractivity (Wildman–Crippen MR) is 120 cm³/mol. The van der Waals surface area contributed by atoms with Crippen molar-refractivity contribution in [2.75, 3.05) is 30.5 Å². The molecule has 0 saturated heterocycles. The fourth-order valence-electron chi connectivity index (χ4n) is 6.36. The number of benzene rings is 1. The lowest BCUT2D eigenvalue weighted by atomic mass is 9.49. The molecule has 0 spiro atoms. The third-order valence-corrected chi connectivity index (χ3v) is 8.78. The molecule has 29 heavy (non-hydrogen) atoms. The van der Waals surface area contributed by atoms with Gasteiger partial charge in [-0.15, -0.1) is 0 Å². The third kappa shape index (κ3) is 4.07. The summed E-state index contributed by atoms with van der Waals surface area (Å²) < 4.78 is 12.2. The van der Waals surface area contributed by atoms with E-state index in [1.807, 2.05) is 30.3 Å². The van der Waals surface area contributed by atoms with Crippen LogP contribution in [0.3, 0.4) is 0 Å². The Labute approximate surface area is 173 Å². The van der Waals surface area contributed by atoms with Crippen molar-refractivity contribution in [1.29, 1.82) is 0 Å². The van der Waals surface area contributed by atoms with Gasteiger partial charge in [0.1, 0.15) is 25.1 Å². The summed E-state index contributed by atoms with van der Waals surface area (Å²) in [6.07, 6.45) is 10.2. The number of anilines is 3. The number of rotatable bonds is 6. The Hall–Kier alpha value is -1.87. The lowest BCUT2D eigenvalue weighted by molar-refractivity contribution is -0.0444. The van der Waals surface area contributed by atoms with Crippen LogP contribution in [0.2, 0.25) is 0 Å². The van der Waals surface area contributed by atoms with Crippen molar-refractivity contribution in [3.05, 3.63) is 36.7 Å². The van der Waals surface area contributed by atoms with Crippen molar-refractivity contribution < 1.29 is 4.57 Å². The third-order valence-electron chi connectivity index (χ3n) is 7.24. The van der Waals surface area contributed by atoms with E-state index in [4.69, 9.17) is 0 Å². The minimum absolute atomic E-state index is 0.483. The van der Waals surface area contributed by atoms with Crippen LogP contribution in [-0.2, 0) is 4.57 Å². The van der Waals surface area contributed by atoms with Crippen molar-refractivity contribution in [3.63, 3.8) is 0 Å². The maximum atomic E-state index is 12.2. The maximum Gasteiger partial charge on any atom is 0.135 e. The first-order valence-corrected chi connectivity index (χ1v) is 13.5. The molecule has 4 aliphatic rings. The van der Waals surface area contributed by atoms with Gasteiger partial charge < -0.3 is 15.2 Å². The van der Waals surface area contributed by atoms with E-state index >= 15 is 0 Å². The number of nitrogens with one attached hydrogen (secondary N) is 2. The molecule has 1 aromatic carbocycles. The summed E-state index contributed by atoms with van der Waals surface area (Å²) in [6.45, 7) is 4.62. The first-order valence-electron chi connectivity index (χ1n) is 10.9. The van der Waals surface area contributed by atoms with Crippen LogP contribution in [0, 0.1) is 23.2 Å². The zero-order valence-corrected chi connectivity index (χ0v) is 18.3. The van der Waals surface area contributed by atoms with Gasteiger partial charge >= 0.3 is 0 Å². The molecular weight excluding hydrogens is 379 g/mol. The first kappa shape index (κ1) is 19.1. The molecule has 4 fully saturated rings. The molecule has 1 aromatic heterocycles. The number of hydrogen-bond acceptors (Lipinski definition) is 5. The molecule has 4 bridgehead atoms. The number of aromatic nitrogens is 2. The highest BCUT2D eigenvalue weighted by molar-refractivity contribution is 7.70. The van der Waals surface area contributed by atoms with Crippen LogP contribution in [0.25, 0.3) is 0 Å². The Bertz CT molecular complexity index is 901.